The molecule has 7 N–H and O–H groups in total. The van der Waals surface area contributed by atoms with Crippen molar-refractivity contribution in [1.82, 2.24) is 15.3 Å². The Morgan fingerprint density at radius 3 is 2.60 bits per heavy atom. The Morgan fingerprint density at radius 1 is 1.33 bits per heavy atom. The zero-order valence-electron chi connectivity index (χ0n) is 7.83. The number of rotatable bonds is 3. The third-order valence-corrected chi connectivity index (χ3v) is 1.83. The lowest BCUT2D eigenvalue weighted by Crippen LogP contribution is -2.30. The summed E-state index contributed by atoms with van der Waals surface area (Å²) in [4.78, 5) is 18.8. The van der Waals surface area contributed by atoms with Crippen molar-refractivity contribution in [2.45, 2.75) is 0 Å². The summed E-state index contributed by atoms with van der Waals surface area (Å²) < 4.78 is 0. The highest BCUT2D eigenvalue weighted by Gasteiger charge is 2.14. The van der Waals surface area contributed by atoms with E-state index in [4.69, 9.17) is 28.8 Å². The van der Waals surface area contributed by atoms with Gasteiger partial charge in [-0.1, -0.05) is 11.6 Å². The van der Waals surface area contributed by atoms with E-state index in [1.165, 1.54) is 0 Å². The maximum Gasteiger partial charge on any atom is 0.273 e. The van der Waals surface area contributed by atoms with Crippen LogP contribution in [0.15, 0.2) is 0 Å². The second kappa shape index (κ2) is 4.76. The number of nitrogens with two attached hydrogens (primary N) is 3. The molecule has 0 aliphatic carbocycles. The summed E-state index contributed by atoms with van der Waals surface area (Å²) in [5, 5.41) is 2.44. The van der Waals surface area contributed by atoms with E-state index in [9.17, 15) is 4.79 Å². The molecule has 0 aromatic carbocycles. The van der Waals surface area contributed by atoms with Gasteiger partial charge in [-0.3, -0.25) is 4.79 Å². The van der Waals surface area contributed by atoms with Crippen molar-refractivity contribution in [2.75, 3.05) is 24.6 Å². The van der Waals surface area contributed by atoms with Gasteiger partial charge < -0.3 is 22.5 Å². The Morgan fingerprint density at radius 2 is 2.00 bits per heavy atom. The summed E-state index contributed by atoms with van der Waals surface area (Å²) in [5.74, 6) is -0.552. The summed E-state index contributed by atoms with van der Waals surface area (Å²) in [6, 6.07) is 0. The number of nitrogens with zero attached hydrogens (tertiary/aromatic N) is 2. The van der Waals surface area contributed by atoms with Gasteiger partial charge in [0.05, 0.1) is 0 Å². The number of nitrogens with one attached hydrogen (secondary N) is 1. The molecule has 0 saturated carbocycles. The molecule has 7 nitrogen and oxygen atoms in total. The Kier molecular flexibility index (Phi) is 3.64. The highest BCUT2D eigenvalue weighted by atomic mass is 35.5. The van der Waals surface area contributed by atoms with Crippen LogP contribution in [0.2, 0.25) is 5.15 Å². The predicted octanol–water partition coefficient (Wildman–Crippen LogP) is -1.02. The van der Waals surface area contributed by atoms with Crippen molar-refractivity contribution in [3.8, 4) is 0 Å². The fraction of sp³-hybridized carbons (Fsp3) is 0.286. The van der Waals surface area contributed by atoms with E-state index in [0.29, 0.717) is 13.1 Å². The van der Waals surface area contributed by atoms with E-state index in [1.807, 2.05) is 0 Å². The van der Waals surface area contributed by atoms with Crippen molar-refractivity contribution in [3.05, 3.63) is 10.8 Å². The number of anilines is 2. The SMILES string of the molecule is NCCNC(=O)c1nc(Cl)c(N)nc1N. The molecule has 0 unspecified atom stereocenters. The molecule has 1 rings (SSSR count). The molecular formula is C7H11ClN6O. The Hall–Kier alpha value is -1.60. The summed E-state index contributed by atoms with van der Waals surface area (Å²) in [6.45, 7) is 0.643. The third-order valence-electron chi connectivity index (χ3n) is 1.55. The monoisotopic (exact) mass is 230 g/mol. The van der Waals surface area contributed by atoms with Crippen molar-refractivity contribution >= 4 is 29.1 Å². The molecule has 0 bridgehead atoms. The Balaban J connectivity index is 2.94. The third kappa shape index (κ3) is 2.67. The highest BCUT2D eigenvalue weighted by Crippen LogP contribution is 2.16. The molecule has 1 amide bonds. The maximum absolute atomic E-state index is 11.4. The molecule has 0 aliphatic heterocycles. The molecule has 1 aromatic heterocycles. The molecule has 82 valence electrons. The first-order chi connectivity index (χ1) is 7.06. The van der Waals surface area contributed by atoms with E-state index >= 15 is 0 Å². The minimum Gasteiger partial charge on any atom is -0.382 e. The van der Waals surface area contributed by atoms with Crippen LogP contribution in [-0.2, 0) is 0 Å². The van der Waals surface area contributed by atoms with Crippen LogP contribution in [0.3, 0.4) is 0 Å². The number of aromatic nitrogens is 2. The molecule has 0 radical (unpaired) electrons. The molecule has 0 saturated heterocycles. The molecule has 0 aliphatic rings. The van der Waals surface area contributed by atoms with Gasteiger partial charge >= 0.3 is 0 Å². The largest absolute Gasteiger partial charge is 0.382 e. The van der Waals surface area contributed by atoms with Crippen LogP contribution in [0.5, 0.6) is 0 Å². The fourth-order valence-electron chi connectivity index (χ4n) is 0.878. The molecule has 0 fully saturated rings. The van der Waals surface area contributed by atoms with Gasteiger partial charge in [0.15, 0.2) is 22.5 Å². The number of amides is 1. The highest BCUT2D eigenvalue weighted by molar-refractivity contribution is 6.31. The molecule has 0 spiro atoms. The Bertz CT molecular complexity index is 382. The second-order valence-electron chi connectivity index (χ2n) is 2.68. The van der Waals surface area contributed by atoms with E-state index in [0.717, 1.165) is 0 Å². The standard InChI is InChI=1S/C7H11ClN6O/c8-4-6(11)14-5(10)3(13-4)7(15)12-2-1-9/h1-2,9H2,(H,12,15)(H4,10,11,14). The quantitative estimate of drug-likeness (QED) is 0.525. The number of halogens is 1. The number of nitrogen functional groups attached to an aromatic ring is 2. The fourth-order valence-corrected chi connectivity index (χ4v) is 1.00. The van der Waals surface area contributed by atoms with Crippen molar-refractivity contribution < 1.29 is 4.79 Å². The summed E-state index contributed by atoms with van der Waals surface area (Å²) in [6.07, 6.45) is 0. The molecule has 1 aromatic rings. The van der Waals surface area contributed by atoms with Crippen LogP contribution >= 0.6 is 11.6 Å². The minimum atomic E-state index is -0.479. The number of carbonyl (C=O) groups is 1. The van der Waals surface area contributed by atoms with Gasteiger partial charge in [0.25, 0.3) is 5.91 Å². The van der Waals surface area contributed by atoms with Crippen molar-refractivity contribution in [2.24, 2.45) is 5.73 Å². The second-order valence-corrected chi connectivity index (χ2v) is 3.04. The first-order valence-electron chi connectivity index (χ1n) is 4.13. The number of hydrogen-bond donors (Lipinski definition) is 4. The van der Waals surface area contributed by atoms with Gasteiger partial charge in [-0.15, -0.1) is 0 Å². The van der Waals surface area contributed by atoms with E-state index < -0.39 is 5.91 Å². The predicted molar refractivity (Wildman–Crippen MR) is 57.3 cm³/mol. The van der Waals surface area contributed by atoms with Crippen LogP contribution in [-0.4, -0.2) is 29.0 Å². The van der Waals surface area contributed by atoms with Gasteiger partial charge in [0, 0.05) is 13.1 Å². The van der Waals surface area contributed by atoms with Crippen LogP contribution < -0.4 is 22.5 Å². The number of hydrogen-bond acceptors (Lipinski definition) is 6. The average molecular weight is 231 g/mol. The average Bonchev–Trinajstić information content (AvgIpc) is 2.20. The lowest BCUT2D eigenvalue weighted by Gasteiger charge is -2.06. The van der Waals surface area contributed by atoms with Crippen molar-refractivity contribution in [3.63, 3.8) is 0 Å². The first kappa shape index (κ1) is 11.5. The van der Waals surface area contributed by atoms with Gasteiger partial charge in [-0.2, -0.15) is 0 Å². The summed E-state index contributed by atoms with van der Waals surface area (Å²) in [5.41, 5.74) is 16.0. The van der Waals surface area contributed by atoms with E-state index in [2.05, 4.69) is 15.3 Å². The maximum atomic E-state index is 11.4. The molecule has 1 heterocycles. The zero-order chi connectivity index (χ0) is 11.4. The Labute approximate surface area is 91.0 Å². The van der Waals surface area contributed by atoms with Crippen LogP contribution in [0.1, 0.15) is 10.5 Å². The van der Waals surface area contributed by atoms with Crippen molar-refractivity contribution in [1.29, 1.82) is 0 Å². The summed E-state index contributed by atoms with van der Waals surface area (Å²) in [7, 11) is 0. The minimum absolute atomic E-state index is 0.00968. The molecule has 8 heteroatoms. The van der Waals surface area contributed by atoms with Crippen LogP contribution in [0, 0.1) is 0 Å². The van der Waals surface area contributed by atoms with Gasteiger partial charge in [-0.05, 0) is 0 Å². The van der Waals surface area contributed by atoms with Gasteiger partial charge in [0.1, 0.15) is 0 Å². The van der Waals surface area contributed by atoms with Gasteiger partial charge in [-0.25, -0.2) is 9.97 Å². The van der Waals surface area contributed by atoms with E-state index in [-0.39, 0.29) is 22.5 Å². The molecule has 0 atom stereocenters. The zero-order valence-corrected chi connectivity index (χ0v) is 8.58. The van der Waals surface area contributed by atoms with Crippen LogP contribution in [0.25, 0.3) is 0 Å². The lowest BCUT2D eigenvalue weighted by molar-refractivity contribution is 0.0950. The van der Waals surface area contributed by atoms with Crippen LogP contribution in [0.4, 0.5) is 11.6 Å². The molecular weight excluding hydrogens is 220 g/mol. The summed E-state index contributed by atoms with van der Waals surface area (Å²) >= 11 is 5.61. The van der Waals surface area contributed by atoms with E-state index in [1.54, 1.807) is 0 Å². The first-order valence-corrected chi connectivity index (χ1v) is 4.50. The van der Waals surface area contributed by atoms with Gasteiger partial charge in [0.2, 0.25) is 0 Å². The smallest absolute Gasteiger partial charge is 0.273 e. The topological polar surface area (TPSA) is 133 Å². The molecule has 15 heavy (non-hydrogen) atoms. The number of carbonyl (C=O) groups excluding carboxylic acids is 1. The lowest BCUT2D eigenvalue weighted by atomic mass is 10.3. The normalized spacial score (nSPS) is 10.0.